The molecule has 0 aliphatic rings. The second kappa shape index (κ2) is 5.85. The Bertz CT molecular complexity index is 228. The largest absolute Gasteiger partial charge is 0.426 e. The van der Waals surface area contributed by atoms with Crippen LogP contribution in [0.25, 0.3) is 0 Å². The highest BCUT2D eigenvalue weighted by molar-refractivity contribution is 7.95. The molecule has 1 atom stereocenters. The predicted octanol–water partition coefficient (Wildman–Crippen LogP) is 1.07. The van der Waals surface area contributed by atoms with Gasteiger partial charge in [0.25, 0.3) is 0 Å². The van der Waals surface area contributed by atoms with Gasteiger partial charge in [-0.3, -0.25) is 0 Å². The summed E-state index contributed by atoms with van der Waals surface area (Å²) in [4.78, 5) is 0. The van der Waals surface area contributed by atoms with E-state index in [1.54, 1.807) is 0 Å². The summed E-state index contributed by atoms with van der Waals surface area (Å²) in [5.41, 5.74) is 0. The third kappa shape index (κ3) is 4.17. The van der Waals surface area contributed by atoms with Crippen LogP contribution in [0.5, 0.6) is 5.75 Å². The molecular weight excluding hydrogens is 188 g/mol. The average molecular weight is 200 g/mol. The third-order valence-electron chi connectivity index (χ3n) is 1.37. The fourth-order valence-electron chi connectivity index (χ4n) is 0.709. The third-order valence-corrected chi connectivity index (χ3v) is 2.20. The number of aliphatic hydroxyl groups excluding tert-OH is 2. The van der Waals surface area contributed by atoms with Gasteiger partial charge in [0.05, 0.1) is 30.5 Å². The minimum Gasteiger partial charge on any atom is -0.426 e. The van der Waals surface area contributed by atoms with E-state index in [9.17, 15) is 0 Å². The fourth-order valence-corrected chi connectivity index (χ4v) is 1.29. The van der Waals surface area contributed by atoms with Gasteiger partial charge in [-0.05, 0) is 12.1 Å². The zero-order chi connectivity index (χ0) is 9.52. The Morgan fingerprint density at radius 2 is 2.00 bits per heavy atom. The van der Waals surface area contributed by atoms with E-state index >= 15 is 0 Å². The molecule has 1 aromatic rings. The second-order valence-corrected chi connectivity index (χ2v) is 3.25. The minimum atomic E-state index is -0.714. The van der Waals surface area contributed by atoms with E-state index in [-0.39, 0.29) is 6.61 Å². The van der Waals surface area contributed by atoms with Gasteiger partial charge >= 0.3 is 0 Å². The van der Waals surface area contributed by atoms with Crippen LogP contribution in [0, 0.1) is 0 Å². The van der Waals surface area contributed by atoms with Crippen molar-refractivity contribution in [3.8, 4) is 5.75 Å². The maximum Gasteiger partial charge on any atom is 0.137 e. The Balaban J connectivity index is 2.20. The average Bonchev–Trinajstić information content (AvgIpc) is 2.19. The monoisotopic (exact) mass is 200 g/mol. The van der Waals surface area contributed by atoms with Gasteiger partial charge in [-0.1, -0.05) is 18.2 Å². The van der Waals surface area contributed by atoms with Gasteiger partial charge in [-0.25, -0.2) is 0 Å². The molecule has 4 heteroatoms. The lowest BCUT2D eigenvalue weighted by atomic mass is 10.3. The van der Waals surface area contributed by atoms with Crippen molar-refractivity contribution in [1.82, 2.24) is 0 Å². The molecule has 1 unspecified atom stereocenters. The van der Waals surface area contributed by atoms with Crippen molar-refractivity contribution in [3.63, 3.8) is 0 Å². The summed E-state index contributed by atoms with van der Waals surface area (Å²) in [6.07, 6.45) is -0.714. The normalized spacial score (nSPS) is 12.5. The maximum absolute atomic E-state index is 8.99. The van der Waals surface area contributed by atoms with Crippen LogP contribution in [-0.4, -0.2) is 28.7 Å². The van der Waals surface area contributed by atoms with Gasteiger partial charge < -0.3 is 14.4 Å². The highest BCUT2D eigenvalue weighted by Crippen LogP contribution is 2.15. The lowest BCUT2D eigenvalue weighted by molar-refractivity contribution is 0.113. The van der Waals surface area contributed by atoms with Gasteiger partial charge in [0.15, 0.2) is 0 Å². The van der Waals surface area contributed by atoms with Crippen molar-refractivity contribution in [2.24, 2.45) is 0 Å². The first kappa shape index (κ1) is 10.4. The number of hydrogen-bond acceptors (Lipinski definition) is 4. The van der Waals surface area contributed by atoms with Crippen LogP contribution >= 0.6 is 12.0 Å². The lowest BCUT2D eigenvalue weighted by Gasteiger charge is -2.06. The summed E-state index contributed by atoms with van der Waals surface area (Å²) in [6, 6.07) is 9.31. The van der Waals surface area contributed by atoms with Crippen LogP contribution in [0.2, 0.25) is 0 Å². The Labute approximate surface area is 81.6 Å². The molecule has 3 nitrogen and oxygen atoms in total. The van der Waals surface area contributed by atoms with Gasteiger partial charge in [0.1, 0.15) is 5.75 Å². The molecule has 2 N–H and O–H groups in total. The van der Waals surface area contributed by atoms with Crippen molar-refractivity contribution < 1.29 is 14.4 Å². The topological polar surface area (TPSA) is 49.7 Å². The van der Waals surface area contributed by atoms with E-state index in [4.69, 9.17) is 14.4 Å². The fraction of sp³-hybridized carbons (Fsp3) is 0.333. The molecule has 0 fully saturated rings. The van der Waals surface area contributed by atoms with E-state index in [1.807, 2.05) is 30.3 Å². The zero-order valence-corrected chi connectivity index (χ0v) is 7.91. The van der Waals surface area contributed by atoms with Crippen molar-refractivity contribution in [1.29, 1.82) is 0 Å². The van der Waals surface area contributed by atoms with Crippen molar-refractivity contribution >= 4 is 12.0 Å². The first-order valence-corrected chi connectivity index (χ1v) is 4.87. The molecule has 0 heterocycles. The molecule has 0 spiro atoms. The summed E-state index contributed by atoms with van der Waals surface area (Å²) in [5.74, 6) is 1.11. The van der Waals surface area contributed by atoms with Gasteiger partial charge in [-0.15, -0.1) is 0 Å². The molecule has 72 valence electrons. The van der Waals surface area contributed by atoms with Crippen LogP contribution in [0.3, 0.4) is 0 Å². The molecule has 13 heavy (non-hydrogen) atoms. The highest BCUT2D eigenvalue weighted by Gasteiger charge is 2.02. The maximum atomic E-state index is 8.99. The standard InChI is InChI=1S/C9H12O3S/c10-6-8(11)7-13-12-9-4-2-1-3-5-9/h1-5,8,10-11H,6-7H2. The quantitative estimate of drug-likeness (QED) is 0.698. The lowest BCUT2D eigenvalue weighted by Crippen LogP contribution is -2.15. The SMILES string of the molecule is OCC(O)CSOc1ccccc1. The molecule has 0 saturated heterocycles. The van der Waals surface area contributed by atoms with E-state index in [0.29, 0.717) is 5.75 Å². The van der Waals surface area contributed by atoms with Gasteiger partial charge in [0.2, 0.25) is 0 Å². The van der Waals surface area contributed by atoms with Crippen molar-refractivity contribution in [2.45, 2.75) is 6.10 Å². The summed E-state index contributed by atoms with van der Waals surface area (Å²) < 4.78 is 5.22. The Kier molecular flexibility index (Phi) is 4.67. The molecule has 0 bridgehead atoms. The van der Waals surface area contributed by atoms with Crippen LogP contribution in [0.4, 0.5) is 0 Å². The number of aliphatic hydroxyl groups is 2. The first-order valence-electron chi connectivity index (χ1n) is 3.96. The predicted molar refractivity (Wildman–Crippen MR) is 52.6 cm³/mol. The Hall–Kier alpha value is -0.710. The van der Waals surface area contributed by atoms with Crippen molar-refractivity contribution in [3.05, 3.63) is 30.3 Å². The molecule has 0 aliphatic carbocycles. The Morgan fingerprint density at radius 3 is 2.62 bits per heavy atom. The minimum absolute atomic E-state index is 0.231. The molecule has 0 amide bonds. The van der Waals surface area contributed by atoms with E-state index in [1.165, 1.54) is 0 Å². The van der Waals surface area contributed by atoms with Gasteiger partial charge in [0, 0.05) is 0 Å². The summed E-state index contributed by atoms with van der Waals surface area (Å²) in [6.45, 7) is -0.231. The van der Waals surface area contributed by atoms with Crippen molar-refractivity contribution in [2.75, 3.05) is 12.4 Å². The smallest absolute Gasteiger partial charge is 0.137 e. The molecular formula is C9H12O3S. The highest BCUT2D eigenvalue weighted by atomic mass is 32.2. The molecule has 0 aliphatic heterocycles. The van der Waals surface area contributed by atoms with Crippen LogP contribution in [0.15, 0.2) is 30.3 Å². The first-order chi connectivity index (χ1) is 6.33. The van der Waals surface area contributed by atoms with E-state index in [2.05, 4.69) is 0 Å². The second-order valence-electron chi connectivity index (χ2n) is 2.52. The number of para-hydroxylation sites is 1. The Morgan fingerprint density at radius 1 is 1.31 bits per heavy atom. The number of rotatable bonds is 5. The van der Waals surface area contributed by atoms with Gasteiger partial charge in [-0.2, -0.15) is 0 Å². The summed E-state index contributed by atoms with van der Waals surface area (Å²) in [7, 11) is 0. The van der Waals surface area contributed by atoms with Crippen LogP contribution in [0.1, 0.15) is 0 Å². The zero-order valence-electron chi connectivity index (χ0n) is 7.09. The summed E-state index contributed by atoms with van der Waals surface area (Å²) in [5, 5.41) is 17.5. The van der Waals surface area contributed by atoms with Crippen LogP contribution < -0.4 is 4.18 Å². The molecule has 0 radical (unpaired) electrons. The summed E-state index contributed by atoms with van der Waals surface area (Å²) >= 11 is 1.13. The molecule has 0 aromatic heterocycles. The molecule has 0 saturated carbocycles. The number of hydrogen-bond donors (Lipinski definition) is 2. The number of benzene rings is 1. The molecule has 1 rings (SSSR count). The van der Waals surface area contributed by atoms with E-state index < -0.39 is 6.10 Å². The van der Waals surface area contributed by atoms with E-state index in [0.717, 1.165) is 17.8 Å². The molecule has 1 aromatic carbocycles. The van der Waals surface area contributed by atoms with Crippen LogP contribution in [-0.2, 0) is 0 Å².